The molecule has 0 spiro atoms. The lowest BCUT2D eigenvalue weighted by atomic mass is 10.2. The molecule has 8 heteroatoms. The summed E-state index contributed by atoms with van der Waals surface area (Å²) in [7, 11) is 1.65. The second kappa shape index (κ2) is 11.0. The molecule has 0 aliphatic rings. The van der Waals surface area contributed by atoms with Crippen LogP contribution in [0.3, 0.4) is 0 Å². The Hall–Kier alpha value is -2.74. The van der Waals surface area contributed by atoms with Crippen molar-refractivity contribution in [3.63, 3.8) is 0 Å². The number of halogens is 1. The zero-order valence-corrected chi connectivity index (χ0v) is 15.9. The van der Waals surface area contributed by atoms with E-state index < -0.39 is 11.9 Å². The molecule has 0 saturated heterocycles. The van der Waals surface area contributed by atoms with Gasteiger partial charge in [0.05, 0.1) is 13.7 Å². The van der Waals surface area contributed by atoms with Gasteiger partial charge in [-0.3, -0.25) is 0 Å². The number of carboxylic acid groups (broad SMARTS) is 2. The van der Waals surface area contributed by atoms with Crippen molar-refractivity contribution >= 4 is 33.6 Å². The normalized spacial score (nSPS) is 9.50. The number of methoxy groups -OCH3 is 1. The van der Waals surface area contributed by atoms with E-state index in [1.807, 2.05) is 49.4 Å². The summed E-state index contributed by atoms with van der Waals surface area (Å²) >= 11 is 3.43. The number of hydrogen-bond donors (Lipinski definition) is 3. The van der Waals surface area contributed by atoms with Gasteiger partial charge in [-0.1, -0.05) is 22.0 Å². The zero-order valence-electron chi connectivity index (χ0n) is 14.4. The number of hydrogen-bond acceptors (Lipinski definition) is 5. The molecule has 0 aromatic heterocycles. The summed E-state index contributed by atoms with van der Waals surface area (Å²) < 4.78 is 11.9. The van der Waals surface area contributed by atoms with E-state index in [4.69, 9.17) is 29.3 Å². The van der Waals surface area contributed by atoms with Crippen LogP contribution >= 0.6 is 15.9 Å². The highest BCUT2D eigenvalue weighted by molar-refractivity contribution is 9.10. The van der Waals surface area contributed by atoms with Crippen molar-refractivity contribution in [1.82, 2.24) is 0 Å². The van der Waals surface area contributed by atoms with Crippen LogP contribution in [0.2, 0.25) is 0 Å². The van der Waals surface area contributed by atoms with Crippen molar-refractivity contribution in [1.29, 1.82) is 0 Å². The highest BCUT2D eigenvalue weighted by atomic mass is 79.9. The molecular weight excluding hydrogens is 406 g/mol. The lowest BCUT2D eigenvalue weighted by Gasteiger charge is -2.12. The average molecular weight is 426 g/mol. The van der Waals surface area contributed by atoms with E-state index in [0.717, 1.165) is 33.8 Å². The molecule has 0 heterocycles. The van der Waals surface area contributed by atoms with E-state index in [1.165, 1.54) is 0 Å². The summed E-state index contributed by atoms with van der Waals surface area (Å²) in [6, 6.07) is 14.1. The molecule has 0 aliphatic heterocycles. The van der Waals surface area contributed by atoms with Gasteiger partial charge in [0.2, 0.25) is 0 Å². The Bertz CT molecular complexity index is 721. The third-order valence-electron chi connectivity index (χ3n) is 3.05. The molecule has 2 aromatic carbocycles. The maximum absolute atomic E-state index is 9.10. The summed E-state index contributed by atoms with van der Waals surface area (Å²) in [5.74, 6) is -2.10. The van der Waals surface area contributed by atoms with Crippen molar-refractivity contribution in [2.24, 2.45) is 0 Å². The first-order chi connectivity index (χ1) is 12.4. The predicted molar refractivity (Wildman–Crippen MR) is 101 cm³/mol. The van der Waals surface area contributed by atoms with E-state index in [1.54, 1.807) is 7.11 Å². The smallest absolute Gasteiger partial charge is 0.414 e. The maximum Gasteiger partial charge on any atom is 0.414 e. The van der Waals surface area contributed by atoms with Crippen molar-refractivity contribution in [3.05, 3.63) is 52.5 Å². The van der Waals surface area contributed by atoms with Gasteiger partial charge in [0, 0.05) is 16.7 Å². The molecule has 140 valence electrons. The third-order valence-corrected chi connectivity index (χ3v) is 3.58. The number of carboxylic acids is 2. The van der Waals surface area contributed by atoms with Crippen molar-refractivity contribution in [2.75, 3.05) is 19.0 Å². The number of carbonyl (C=O) groups is 2. The first-order valence-corrected chi connectivity index (χ1v) is 8.42. The molecule has 0 aliphatic carbocycles. The molecule has 2 aromatic rings. The highest BCUT2D eigenvalue weighted by Crippen LogP contribution is 2.28. The first kappa shape index (κ1) is 21.3. The van der Waals surface area contributed by atoms with Gasteiger partial charge in [0.25, 0.3) is 0 Å². The van der Waals surface area contributed by atoms with Gasteiger partial charge in [0.1, 0.15) is 0 Å². The Morgan fingerprint density at radius 2 is 1.65 bits per heavy atom. The minimum absolute atomic E-state index is 0.625. The minimum atomic E-state index is -1.82. The number of aliphatic carboxylic acids is 2. The van der Waals surface area contributed by atoms with Crippen molar-refractivity contribution < 1.29 is 29.3 Å². The Kier molecular flexibility index (Phi) is 9.00. The molecule has 0 unspecified atom stereocenters. The van der Waals surface area contributed by atoms with Gasteiger partial charge < -0.3 is 25.0 Å². The van der Waals surface area contributed by atoms with Gasteiger partial charge in [-0.05, 0) is 48.9 Å². The fourth-order valence-corrected chi connectivity index (χ4v) is 2.14. The van der Waals surface area contributed by atoms with Crippen LogP contribution in [-0.4, -0.2) is 35.9 Å². The fraction of sp³-hybridized carbons (Fsp3) is 0.222. The number of benzene rings is 2. The van der Waals surface area contributed by atoms with Crippen LogP contribution in [0.15, 0.2) is 46.9 Å². The Labute approximate surface area is 159 Å². The van der Waals surface area contributed by atoms with E-state index in [0.29, 0.717) is 6.61 Å². The summed E-state index contributed by atoms with van der Waals surface area (Å²) in [5.41, 5.74) is 2.24. The number of rotatable bonds is 6. The van der Waals surface area contributed by atoms with Crippen LogP contribution in [0.5, 0.6) is 11.5 Å². The second-order valence-electron chi connectivity index (χ2n) is 4.89. The molecule has 26 heavy (non-hydrogen) atoms. The molecule has 2 rings (SSSR count). The molecule has 3 N–H and O–H groups in total. The highest BCUT2D eigenvalue weighted by Gasteiger charge is 2.05. The summed E-state index contributed by atoms with van der Waals surface area (Å²) in [5, 5.41) is 18.2. The van der Waals surface area contributed by atoms with E-state index in [9.17, 15) is 0 Å². The van der Waals surface area contributed by atoms with E-state index >= 15 is 0 Å². The minimum Gasteiger partial charge on any atom is -0.493 e. The Balaban J connectivity index is 0.000000487. The van der Waals surface area contributed by atoms with Crippen molar-refractivity contribution in [2.45, 2.75) is 13.5 Å². The third kappa shape index (κ3) is 7.43. The number of ether oxygens (including phenoxy) is 2. The van der Waals surface area contributed by atoms with Gasteiger partial charge in [-0.25, -0.2) is 9.59 Å². The van der Waals surface area contributed by atoms with Gasteiger partial charge in [-0.15, -0.1) is 0 Å². The van der Waals surface area contributed by atoms with Gasteiger partial charge in [0.15, 0.2) is 11.5 Å². The molecule has 0 radical (unpaired) electrons. The lowest BCUT2D eigenvalue weighted by Crippen LogP contribution is -2.09. The molecule has 0 saturated carbocycles. The van der Waals surface area contributed by atoms with Crippen LogP contribution in [0.1, 0.15) is 12.5 Å². The molecule has 0 bridgehead atoms. The van der Waals surface area contributed by atoms with Crippen LogP contribution in [0.25, 0.3) is 0 Å². The van der Waals surface area contributed by atoms with Gasteiger partial charge in [-0.2, -0.15) is 0 Å². The monoisotopic (exact) mass is 425 g/mol. The van der Waals surface area contributed by atoms with Crippen LogP contribution in [0, 0.1) is 0 Å². The maximum atomic E-state index is 9.10. The molecular formula is C18H20BrNO6. The average Bonchev–Trinajstić information content (AvgIpc) is 2.62. The predicted octanol–water partition coefficient (Wildman–Crippen LogP) is 3.62. The fourth-order valence-electron chi connectivity index (χ4n) is 1.87. The summed E-state index contributed by atoms with van der Waals surface area (Å²) in [6.07, 6.45) is 0. The summed E-state index contributed by atoms with van der Waals surface area (Å²) in [6.45, 7) is 3.33. The van der Waals surface area contributed by atoms with Crippen LogP contribution in [0.4, 0.5) is 5.69 Å². The zero-order chi connectivity index (χ0) is 19.5. The van der Waals surface area contributed by atoms with Crippen molar-refractivity contribution in [3.8, 4) is 11.5 Å². The molecule has 0 amide bonds. The topological polar surface area (TPSA) is 105 Å². The lowest BCUT2D eigenvalue weighted by molar-refractivity contribution is -0.159. The largest absolute Gasteiger partial charge is 0.493 e. The standard InChI is InChI=1S/C16H18BrNO2.C2H2O4/c1-3-20-16-10-12(4-9-15(16)19-2)11-18-14-7-5-13(17)6-8-14;3-1(4)2(5)6/h4-10,18H,3,11H2,1-2H3;(H,3,4)(H,5,6). The van der Waals surface area contributed by atoms with Gasteiger partial charge >= 0.3 is 11.9 Å². The van der Waals surface area contributed by atoms with E-state index in [-0.39, 0.29) is 0 Å². The molecule has 7 nitrogen and oxygen atoms in total. The SMILES string of the molecule is CCOc1cc(CNc2ccc(Br)cc2)ccc1OC.O=C(O)C(=O)O. The second-order valence-corrected chi connectivity index (χ2v) is 5.80. The van der Waals surface area contributed by atoms with Crippen LogP contribution < -0.4 is 14.8 Å². The quantitative estimate of drug-likeness (QED) is 0.606. The Morgan fingerprint density at radius 3 is 2.15 bits per heavy atom. The molecule has 0 fully saturated rings. The van der Waals surface area contributed by atoms with Crippen LogP contribution in [-0.2, 0) is 16.1 Å². The number of nitrogens with one attached hydrogen (secondary N) is 1. The molecule has 0 atom stereocenters. The Morgan fingerprint density at radius 1 is 1.04 bits per heavy atom. The first-order valence-electron chi connectivity index (χ1n) is 7.62. The van der Waals surface area contributed by atoms with E-state index in [2.05, 4.69) is 21.2 Å². The number of anilines is 1. The summed E-state index contributed by atoms with van der Waals surface area (Å²) in [4.78, 5) is 18.2.